The molecule has 2 N–H and O–H groups in total. The Morgan fingerprint density at radius 2 is 1.67 bits per heavy atom. The minimum Gasteiger partial charge on any atom is -0.386 e. The molecule has 0 bridgehead atoms. The number of hydrogen-bond acceptors (Lipinski definition) is 2. The van der Waals surface area contributed by atoms with Gasteiger partial charge >= 0.3 is 0 Å². The smallest absolute Gasteiger partial charge is 0.129 e. The predicted molar refractivity (Wildman–Crippen MR) is 81.3 cm³/mol. The molecular formula is C14H10Cl3F2NO. The van der Waals surface area contributed by atoms with Gasteiger partial charge in [0.1, 0.15) is 11.6 Å². The lowest BCUT2D eigenvalue weighted by Crippen LogP contribution is -2.14. The molecule has 0 saturated carbocycles. The van der Waals surface area contributed by atoms with E-state index in [4.69, 9.17) is 34.8 Å². The Morgan fingerprint density at radius 1 is 1.05 bits per heavy atom. The van der Waals surface area contributed by atoms with Gasteiger partial charge in [-0.1, -0.05) is 34.8 Å². The van der Waals surface area contributed by atoms with Crippen LogP contribution in [0.1, 0.15) is 11.7 Å². The number of aliphatic hydroxyl groups excluding tert-OH is 1. The zero-order valence-corrected chi connectivity index (χ0v) is 12.8. The maximum Gasteiger partial charge on any atom is 0.129 e. The summed E-state index contributed by atoms with van der Waals surface area (Å²) in [5.41, 5.74) is 0.210. The molecule has 0 heterocycles. The van der Waals surface area contributed by atoms with E-state index in [0.717, 1.165) is 18.2 Å². The summed E-state index contributed by atoms with van der Waals surface area (Å²) in [6.07, 6.45) is -1.26. The van der Waals surface area contributed by atoms with Gasteiger partial charge in [-0.15, -0.1) is 0 Å². The molecule has 2 aromatic carbocycles. The summed E-state index contributed by atoms with van der Waals surface area (Å²) in [6.45, 7) is -0.0958. The number of rotatable bonds is 4. The van der Waals surface area contributed by atoms with Gasteiger partial charge in [0, 0.05) is 17.1 Å². The molecule has 0 aromatic heterocycles. The van der Waals surface area contributed by atoms with Crippen LogP contribution in [0.4, 0.5) is 14.5 Å². The zero-order chi connectivity index (χ0) is 15.6. The quantitative estimate of drug-likeness (QED) is 0.805. The first kappa shape index (κ1) is 16.3. The van der Waals surface area contributed by atoms with Gasteiger partial charge in [-0.2, -0.15) is 0 Å². The lowest BCUT2D eigenvalue weighted by molar-refractivity contribution is 0.186. The van der Waals surface area contributed by atoms with Crippen LogP contribution in [0, 0.1) is 11.6 Å². The number of benzene rings is 2. The minimum atomic E-state index is -1.26. The van der Waals surface area contributed by atoms with Crippen molar-refractivity contribution in [1.82, 2.24) is 0 Å². The maximum atomic E-state index is 13.5. The first-order chi connectivity index (χ1) is 9.88. The summed E-state index contributed by atoms with van der Waals surface area (Å²) in [5.74, 6) is -1.33. The molecule has 2 rings (SSSR count). The molecule has 0 aliphatic rings. The number of anilines is 1. The van der Waals surface area contributed by atoms with Gasteiger partial charge < -0.3 is 10.4 Å². The topological polar surface area (TPSA) is 32.3 Å². The highest BCUT2D eigenvalue weighted by molar-refractivity contribution is 6.41. The Hall–Kier alpha value is -1.07. The molecule has 0 aliphatic heterocycles. The SMILES string of the molecule is OC(CNc1c(Cl)cc(Cl)cc1Cl)c1cc(F)ccc1F. The normalized spacial score (nSPS) is 12.3. The molecule has 0 amide bonds. The van der Waals surface area contributed by atoms with Crippen LogP contribution in [0.15, 0.2) is 30.3 Å². The third-order valence-corrected chi connectivity index (χ3v) is 3.61. The van der Waals surface area contributed by atoms with E-state index in [9.17, 15) is 13.9 Å². The third kappa shape index (κ3) is 3.98. The Kier molecular flexibility index (Phi) is 5.27. The Balaban J connectivity index is 2.15. The van der Waals surface area contributed by atoms with Crippen molar-refractivity contribution in [2.45, 2.75) is 6.10 Å². The second-order valence-corrected chi connectivity index (χ2v) is 5.56. The first-order valence-corrected chi connectivity index (χ1v) is 7.03. The van der Waals surface area contributed by atoms with E-state index >= 15 is 0 Å². The number of nitrogens with one attached hydrogen (secondary N) is 1. The molecule has 0 fully saturated rings. The first-order valence-electron chi connectivity index (χ1n) is 5.90. The van der Waals surface area contributed by atoms with Crippen LogP contribution in [-0.2, 0) is 0 Å². The molecule has 7 heteroatoms. The van der Waals surface area contributed by atoms with Gasteiger partial charge in [-0.3, -0.25) is 0 Å². The third-order valence-electron chi connectivity index (χ3n) is 2.80. The van der Waals surface area contributed by atoms with E-state index in [1.807, 2.05) is 0 Å². The van der Waals surface area contributed by atoms with E-state index < -0.39 is 17.7 Å². The van der Waals surface area contributed by atoms with E-state index in [1.54, 1.807) is 0 Å². The fourth-order valence-corrected chi connectivity index (χ4v) is 2.74. The molecule has 0 aliphatic carbocycles. The van der Waals surface area contributed by atoms with E-state index in [0.29, 0.717) is 10.7 Å². The van der Waals surface area contributed by atoms with Gasteiger partial charge in [-0.05, 0) is 30.3 Å². The monoisotopic (exact) mass is 351 g/mol. The van der Waals surface area contributed by atoms with Crippen LogP contribution >= 0.6 is 34.8 Å². The number of halogens is 5. The highest BCUT2D eigenvalue weighted by Gasteiger charge is 2.15. The molecule has 1 unspecified atom stereocenters. The zero-order valence-electron chi connectivity index (χ0n) is 10.5. The lowest BCUT2D eigenvalue weighted by atomic mass is 10.1. The highest BCUT2D eigenvalue weighted by Crippen LogP contribution is 2.34. The van der Waals surface area contributed by atoms with Gasteiger partial charge in [0.25, 0.3) is 0 Å². The largest absolute Gasteiger partial charge is 0.386 e. The van der Waals surface area contributed by atoms with Gasteiger partial charge in [0.05, 0.1) is 21.8 Å². The molecule has 0 radical (unpaired) electrons. The molecule has 112 valence electrons. The summed E-state index contributed by atoms with van der Waals surface area (Å²) in [5, 5.41) is 13.6. The van der Waals surface area contributed by atoms with Crippen LogP contribution in [0.2, 0.25) is 15.1 Å². The van der Waals surface area contributed by atoms with Crippen LogP contribution in [0.5, 0.6) is 0 Å². The predicted octanol–water partition coefficient (Wildman–Crippen LogP) is 5.07. The summed E-state index contributed by atoms with van der Waals surface area (Å²) in [7, 11) is 0. The summed E-state index contributed by atoms with van der Waals surface area (Å²) in [4.78, 5) is 0. The van der Waals surface area contributed by atoms with Crippen molar-refractivity contribution in [2.24, 2.45) is 0 Å². The van der Waals surface area contributed by atoms with Crippen LogP contribution in [-0.4, -0.2) is 11.7 Å². The van der Waals surface area contributed by atoms with Crippen LogP contribution in [0.25, 0.3) is 0 Å². The molecule has 1 atom stereocenters. The van der Waals surface area contributed by atoms with Crippen molar-refractivity contribution in [2.75, 3.05) is 11.9 Å². The van der Waals surface area contributed by atoms with Crippen molar-refractivity contribution < 1.29 is 13.9 Å². The van der Waals surface area contributed by atoms with Crippen LogP contribution in [0.3, 0.4) is 0 Å². The van der Waals surface area contributed by atoms with Crippen LogP contribution < -0.4 is 5.32 Å². The molecule has 2 nitrogen and oxygen atoms in total. The molecule has 21 heavy (non-hydrogen) atoms. The molecular weight excluding hydrogens is 343 g/mol. The van der Waals surface area contributed by atoms with Gasteiger partial charge in [0.15, 0.2) is 0 Å². The van der Waals surface area contributed by atoms with E-state index in [2.05, 4.69) is 5.32 Å². The lowest BCUT2D eigenvalue weighted by Gasteiger charge is -2.16. The van der Waals surface area contributed by atoms with Gasteiger partial charge in [0.2, 0.25) is 0 Å². The maximum absolute atomic E-state index is 13.5. The Morgan fingerprint density at radius 3 is 2.29 bits per heavy atom. The van der Waals surface area contributed by atoms with E-state index in [1.165, 1.54) is 12.1 Å². The average Bonchev–Trinajstić information content (AvgIpc) is 2.40. The fourth-order valence-electron chi connectivity index (χ4n) is 1.79. The van der Waals surface area contributed by atoms with E-state index in [-0.39, 0.29) is 22.2 Å². The summed E-state index contributed by atoms with van der Waals surface area (Å²) in [6, 6.07) is 5.83. The fraction of sp³-hybridized carbons (Fsp3) is 0.143. The Bertz CT molecular complexity index is 644. The number of aliphatic hydroxyl groups is 1. The van der Waals surface area contributed by atoms with Crippen molar-refractivity contribution in [3.8, 4) is 0 Å². The van der Waals surface area contributed by atoms with Crippen molar-refractivity contribution >= 4 is 40.5 Å². The minimum absolute atomic E-state index is 0.0958. The number of hydrogen-bond donors (Lipinski definition) is 2. The van der Waals surface area contributed by atoms with Crippen molar-refractivity contribution in [3.05, 3.63) is 62.6 Å². The second-order valence-electron chi connectivity index (χ2n) is 4.31. The Labute approximate surface area is 135 Å². The van der Waals surface area contributed by atoms with Gasteiger partial charge in [-0.25, -0.2) is 8.78 Å². The molecule has 0 spiro atoms. The summed E-state index contributed by atoms with van der Waals surface area (Å²) < 4.78 is 26.6. The molecule has 0 saturated heterocycles. The summed E-state index contributed by atoms with van der Waals surface area (Å²) >= 11 is 17.7. The highest BCUT2D eigenvalue weighted by atomic mass is 35.5. The van der Waals surface area contributed by atoms with Crippen molar-refractivity contribution in [3.63, 3.8) is 0 Å². The average molecular weight is 353 g/mol. The second kappa shape index (κ2) is 6.79. The molecule has 2 aromatic rings. The standard InChI is InChI=1S/C14H10Cl3F2NO/c15-7-3-10(16)14(11(17)4-7)20-6-13(21)9-5-8(18)1-2-12(9)19/h1-5,13,20-21H,6H2. The van der Waals surface area contributed by atoms with Crippen molar-refractivity contribution in [1.29, 1.82) is 0 Å².